The Morgan fingerprint density at radius 2 is 1.83 bits per heavy atom. The smallest absolute Gasteiger partial charge is 0.247 e. The fourth-order valence-electron chi connectivity index (χ4n) is 4.10. The second-order valence-electron chi connectivity index (χ2n) is 7.87. The fraction of sp³-hybridized carbons (Fsp3) is 0.545. The first-order valence-corrected chi connectivity index (χ1v) is 11.4. The molecule has 0 spiro atoms. The van der Waals surface area contributed by atoms with Gasteiger partial charge in [-0.1, -0.05) is 35.7 Å². The SMILES string of the molecule is NCC1C(=O)N(CCCN2CCCCC2)CCN1C(=O)C=Cc1ccc(Cl)c(Cl)c1. The van der Waals surface area contributed by atoms with Crippen LogP contribution in [-0.2, 0) is 9.59 Å². The van der Waals surface area contributed by atoms with Crippen LogP contribution in [0.15, 0.2) is 24.3 Å². The maximum Gasteiger partial charge on any atom is 0.247 e. The molecule has 2 amide bonds. The molecule has 1 unspecified atom stereocenters. The van der Waals surface area contributed by atoms with Gasteiger partial charge < -0.3 is 20.4 Å². The van der Waals surface area contributed by atoms with Crippen LogP contribution in [0.5, 0.6) is 0 Å². The van der Waals surface area contributed by atoms with Crippen LogP contribution in [0.3, 0.4) is 0 Å². The molecule has 30 heavy (non-hydrogen) atoms. The molecular weight excluding hydrogens is 423 g/mol. The molecule has 0 saturated carbocycles. The number of hydrogen-bond donors (Lipinski definition) is 1. The van der Waals surface area contributed by atoms with E-state index in [9.17, 15) is 9.59 Å². The number of piperidine rings is 1. The number of rotatable bonds is 7. The number of nitrogens with two attached hydrogens (primary N) is 1. The first-order valence-electron chi connectivity index (χ1n) is 10.6. The number of likely N-dealkylation sites (tertiary alicyclic amines) is 1. The van der Waals surface area contributed by atoms with E-state index in [0.717, 1.165) is 31.6 Å². The lowest BCUT2D eigenvalue weighted by Gasteiger charge is -2.40. The van der Waals surface area contributed by atoms with Gasteiger partial charge in [-0.05, 0) is 62.7 Å². The highest BCUT2D eigenvalue weighted by Crippen LogP contribution is 2.23. The summed E-state index contributed by atoms with van der Waals surface area (Å²) in [4.78, 5) is 31.5. The van der Waals surface area contributed by atoms with Crippen molar-refractivity contribution >= 4 is 41.1 Å². The summed E-state index contributed by atoms with van der Waals surface area (Å²) < 4.78 is 0. The molecule has 2 fully saturated rings. The van der Waals surface area contributed by atoms with Gasteiger partial charge in [0.25, 0.3) is 0 Å². The van der Waals surface area contributed by atoms with Gasteiger partial charge in [0.2, 0.25) is 11.8 Å². The normalized spacial score (nSPS) is 20.9. The van der Waals surface area contributed by atoms with Gasteiger partial charge in [-0.3, -0.25) is 9.59 Å². The zero-order chi connectivity index (χ0) is 21.5. The third kappa shape index (κ3) is 5.97. The Morgan fingerprint density at radius 3 is 2.53 bits per heavy atom. The van der Waals surface area contributed by atoms with Crippen LogP contribution < -0.4 is 5.73 Å². The number of piperazine rings is 1. The summed E-state index contributed by atoms with van der Waals surface area (Å²) in [6, 6.07) is 4.55. The number of nitrogens with zero attached hydrogens (tertiary/aromatic N) is 3. The number of carbonyl (C=O) groups excluding carboxylic acids is 2. The molecule has 0 aromatic heterocycles. The second-order valence-corrected chi connectivity index (χ2v) is 8.69. The van der Waals surface area contributed by atoms with E-state index in [-0.39, 0.29) is 18.4 Å². The van der Waals surface area contributed by atoms with Crippen molar-refractivity contribution in [3.05, 3.63) is 39.9 Å². The fourth-order valence-corrected chi connectivity index (χ4v) is 4.41. The largest absolute Gasteiger partial charge is 0.339 e. The van der Waals surface area contributed by atoms with E-state index in [1.165, 1.54) is 25.3 Å². The Morgan fingerprint density at radius 1 is 1.07 bits per heavy atom. The van der Waals surface area contributed by atoms with Crippen LogP contribution in [0.4, 0.5) is 0 Å². The Kier molecular flexibility index (Phi) is 8.57. The average molecular weight is 453 g/mol. The number of hydrogen-bond acceptors (Lipinski definition) is 4. The van der Waals surface area contributed by atoms with Crippen molar-refractivity contribution in [1.29, 1.82) is 0 Å². The summed E-state index contributed by atoms with van der Waals surface area (Å²) in [5.41, 5.74) is 6.64. The minimum atomic E-state index is -0.611. The van der Waals surface area contributed by atoms with E-state index >= 15 is 0 Å². The number of carbonyl (C=O) groups is 2. The molecule has 8 heteroatoms. The van der Waals surface area contributed by atoms with Crippen molar-refractivity contribution in [2.75, 3.05) is 45.8 Å². The molecule has 2 aliphatic heterocycles. The summed E-state index contributed by atoms with van der Waals surface area (Å²) in [5.74, 6) is -0.281. The molecule has 2 saturated heterocycles. The zero-order valence-electron chi connectivity index (χ0n) is 17.2. The van der Waals surface area contributed by atoms with Crippen LogP contribution >= 0.6 is 23.2 Å². The minimum absolute atomic E-state index is 0.0568. The molecule has 1 aromatic carbocycles. The van der Waals surface area contributed by atoms with Crippen molar-refractivity contribution in [2.45, 2.75) is 31.7 Å². The molecule has 2 aliphatic rings. The van der Waals surface area contributed by atoms with Gasteiger partial charge in [-0.25, -0.2) is 0 Å². The molecule has 0 aliphatic carbocycles. The van der Waals surface area contributed by atoms with Gasteiger partial charge >= 0.3 is 0 Å². The van der Waals surface area contributed by atoms with E-state index in [2.05, 4.69) is 4.90 Å². The maximum atomic E-state index is 12.9. The first kappa shape index (κ1) is 23.1. The van der Waals surface area contributed by atoms with E-state index in [1.807, 2.05) is 4.90 Å². The lowest BCUT2D eigenvalue weighted by molar-refractivity contribution is -0.148. The third-order valence-electron chi connectivity index (χ3n) is 5.80. The van der Waals surface area contributed by atoms with Crippen molar-refractivity contribution in [3.8, 4) is 0 Å². The van der Waals surface area contributed by atoms with Crippen molar-refractivity contribution < 1.29 is 9.59 Å². The van der Waals surface area contributed by atoms with Crippen molar-refractivity contribution in [1.82, 2.24) is 14.7 Å². The summed E-state index contributed by atoms with van der Waals surface area (Å²) in [5, 5.41) is 0.893. The lowest BCUT2D eigenvalue weighted by Crippen LogP contribution is -2.61. The van der Waals surface area contributed by atoms with Gasteiger partial charge in [0.1, 0.15) is 6.04 Å². The van der Waals surface area contributed by atoms with Crippen LogP contribution in [-0.4, -0.2) is 78.4 Å². The van der Waals surface area contributed by atoms with Gasteiger partial charge in [0.15, 0.2) is 0 Å². The van der Waals surface area contributed by atoms with Crippen LogP contribution in [0.1, 0.15) is 31.2 Å². The Labute approximate surface area is 188 Å². The molecule has 6 nitrogen and oxygen atoms in total. The average Bonchev–Trinajstić information content (AvgIpc) is 2.76. The molecule has 3 rings (SSSR count). The number of halogens is 2. The Hall–Kier alpha value is -1.60. The predicted molar refractivity (Wildman–Crippen MR) is 122 cm³/mol. The highest BCUT2D eigenvalue weighted by Gasteiger charge is 2.35. The monoisotopic (exact) mass is 452 g/mol. The van der Waals surface area contributed by atoms with Gasteiger partial charge in [0, 0.05) is 32.3 Å². The minimum Gasteiger partial charge on any atom is -0.339 e. The van der Waals surface area contributed by atoms with E-state index in [1.54, 1.807) is 29.2 Å². The molecule has 164 valence electrons. The van der Waals surface area contributed by atoms with Crippen LogP contribution in [0.25, 0.3) is 6.08 Å². The quantitative estimate of drug-likeness (QED) is 0.645. The Bertz CT molecular complexity index is 780. The lowest BCUT2D eigenvalue weighted by atomic mass is 10.1. The van der Waals surface area contributed by atoms with Crippen molar-refractivity contribution in [3.63, 3.8) is 0 Å². The van der Waals surface area contributed by atoms with Crippen molar-refractivity contribution in [2.24, 2.45) is 5.73 Å². The predicted octanol–water partition coefficient (Wildman–Crippen LogP) is 2.88. The van der Waals surface area contributed by atoms with Gasteiger partial charge in [-0.15, -0.1) is 0 Å². The molecule has 2 N–H and O–H groups in total. The number of amides is 2. The highest BCUT2D eigenvalue weighted by molar-refractivity contribution is 6.42. The van der Waals surface area contributed by atoms with E-state index in [4.69, 9.17) is 28.9 Å². The van der Waals surface area contributed by atoms with Crippen LogP contribution in [0, 0.1) is 0 Å². The third-order valence-corrected chi connectivity index (χ3v) is 6.54. The van der Waals surface area contributed by atoms with Gasteiger partial charge in [0.05, 0.1) is 10.0 Å². The summed E-state index contributed by atoms with van der Waals surface area (Å²) >= 11 is 11.9. The van der Waals surface area contributed by atoms with E-state index in [0.29, 0.717) is 29.7 Å². The molecule has 1 atom stereocenters. The second kappa shape index (κ2) is 11.1. The molecule has 1 aromatic rings. The van der Waals surface area contributed by atoms with Crippen LogP contribution in [0.2, 0.25) is 10.0 Å². The summed E-state index contributed by atoms with van der Waals surface area (Å²) in [6.07, 6.45) is 7.95. The summed E-state index contributed by atoms with van der Waals surface area (Å²) in [6.45, 7) is 5.20. The summed E-state index contributed by atoms with van der Waals surface area (Å²) in [7, 11) is 0. The molecule has 2 heterocycles. The molecule has 0 radical (unpaired) electrons. The van der Waals surface area contributed by atoms with Gasteiger partial charge in [-0.2, -0.15) is 0 Å². The maximum absolute atomic E-state index is 12.9. The first-order chi connectivity index (χ1) is 14.5. The topological polar surface area (TPSA) is 69.9 Å². The standard InChI is InChI=1S/C22H30Cl2N4O2/c23-18-7-5-17(15-19(18)24)6-8-21(29)28-14-13-27(22(30)20(28)16-25)12-4-11-26-9-2-1-3-10-26/h5-8,15,20H,1-4,9-14,16,25H2. The zero-order valence-corrected chi connectivity index (χ0v) is 18.7. The van der Waals surface area contributed by atoms with E-state index < -0.39 is 6.04 Å². The highest BCUT2D eigenvalue weighted by atomic mass is 35.5. The molecule has 0 bridgehead atoms. The number of benzene rings is 1. The Balaban J connectivity index is 1.54. The molecular formula is C22H30Cl2N4O2.